The summed E-state index contributed by atoms with van der Waals surface area (Å²) < 4.78 is 7.33. The van der Waals surface area contributed by atoms with Crippen LogP contribution in [0.3, 0.4) is 0 Å². The van der Waals surface area contributed by atoms with Crippen molar-refractivity contribution in [3.63, 3.8) is 0 Å². The van der Waals surface area contributed by atoms with Gasteiger partial charge < -0.3 is 10.1 Å². The van der Waals surface area contributed by atoms with Crippen LogP contribution in [0.1, 0.15) is 18.5 Å². The van der Waals surface area contributed by atoms with Crippen molar-refractivity contribution in [2.75, 3.05) is 5.32 Å². The number of hydrogen-bond acceptors (Lipinski definition) is 5. The van der Waals surface area contributed by atoms with Gasteiger partial charge in [0, 0.05) is 23.9 Å². The molecule has 7 heteroatoms. The summed E-state index contributed by atoms with van der Waals surface area (Å²) in [5.41, 5.74) is 1.68. The van der Waals surface area contributed by atoms with Crippen LogP contribution >= 0.6 is 0 Å². The Morgan fingerprint density at radius 1 is 1.12 bits per heavy atom. The van der Waals surface area contributed by atoms with Gasteiger partial charge in [0.25, 0.3) is 0 Å². The number of aryl methyl sites for hydroxylation is 1. The van der Waals surface area contributed by atoms with Gasteiger partial charge in [0.05, 0.1) is 5.69 Å². The van der Waals surface area contributed by atoms with E-state index in [-0.39, 0.29) is 11.8 Å². The first-order chi connectivity index (χ1) is 12.2. The summed E-state index contributed by atoms with van der Waals surface area (Å²) in [7, 11) is 0. The molecule has 0 unspecified atom stereocenters. The maximum Gasteiger partial charge on any atom is 0.238 e. The van der Waals surface area contributed by atoms with Gasteiger partial charge in [-0.25, -0.2) is 4.68 Å². The van der Waals surface area contributed by atoms with Gasteiger partial charge in [0.2, 0.25) is 11.8 Å². The third-order valence-electron chi connectivity index (χ3n) is 3.88. The lowest BCUT2D eigenvalue weighted by atomic mass is 10.3. The highest BCUT2D eigenvalue weighted by atomic mass is 16.5. The van der Waals surface area contributed by atoms with Gasteiger partial charge in [-0.15, -0.1) is 10.2 Å². The molecule has 0 atom stereocenters. The Morgan fingerprint density at radius 2 is 1.92 bits per heavy atom. The molecule has 0 saturated heterocycles. The van der Waals surface area contributed by atoms with Crippen LogP contribution in [0, 0.1) is 12.8 Å². The summed E-state index contributed by atoms with van der Waals surface area (Å²) in [5, 5.41) is 15.3. The number of nitrogens with zero attached hydrogens (tertiary/aromatic N) is 4. The Labute approximate surface area is 144 Å². The molecule has 0 radical (unpaired) electrons. The van der Waals surface area contributed by atoms with Crippen LogP contribution in [-0.2, 0) is 4.79 Å². The molecule has 4 rings (SSSR count). The summed E-state index contributed by atoms with van der Waals surface area (Å²) in [6, 6.07) is 12.6. The molecule has 1 aliphatic rings. The monoisotopic (exact) mass is 335 g/mol. The van der Waals surface area contributed by atoms with E-state index in [1.807, 2.05) is 31.3 Å². The smallest absolute Gasteiger partial charge is 0.238 e. The second kappa shape index (κ2) is 6.35. The number of aromatic nitrogens is 4. The van der Waals surface area contributed by atoms with Gasteiger partial charge >= 0.3 is 0 Å². The fraction of sp³-hybridized carbons (Fsp3) is 0.222. The minimum Gasteiger partial charge on any atom is -0.438 e. The van der Waals surface area contributed by atoms with E-state index in [0.29, 0.717) is 17.4 Å². The number of rotatable bonds is 5. The Hall–Kier alpha value is -3.22. The van der Waals surface area contributed by atoms with Gasteiger partial charge in [-0.05, 0) is 56.2 Å². The van der Waals surface area contributed by atoms with Crippen molar-refractivity contribution in [2.45, 2.75) is 19.8 Å². The fourth-order valence-corrected chi connectivity index (χ4v) is 2.35. The lowest BCUT2D eigenvalue weighted by molar-refractivity contribution is -0.117. The zero-order chi connectivity index (χ0) is 17.2. The Kier molecular flexibility index (Phi) is 3.89. The standard InChI is InChI=1S/C18H17N5O2/c1-12-10-11-23(22-12)16-8-9-17(21-20-16)25-15-6-4-14(5-7-15)19-18(24)13-2-3-13/h4-11,13H,2-3H2,1H3,(H,19,24). The number of ether oxygens (including phenoxy) is 1. The van der Waals surface area contributed by atoms with Crippen LogP contribution in [-0.4, -0.2) is 25.9 Å². The zero-order valence-electron chi connectivity index (χ0n) is 13.7. The molecule has 25 heavy (non-hydrogen) atoms. The van der Waals surface area contributed by atoms with Crippen LogP contribution < -0.4 is 10.1 Å². The number of carbonyl (C=O) groups excluding carboxylic acids is 1. The molecular weight excluding hydrogens is 318 g/mol. The molecular formula is C18H17N5O2. The summed E-state index contributed by atoms with van der Waals surface area (Å²) in [4.78, 5) is 11.7. The minimum absolute atomic E-state index is 0.0870. The number of anilines is 1. The number of carbonyl (C=O) groups is 1. The summed E-state index contributed by atoms with van der Waals surface area (Å²) >= 11 is 0. The van der Waals surface area contributed by atoms with Crippen LogP contribution in [0.25, 0.3) is 5.82 Å². The van der Waals surface area contributed by atoms with E-state index in [4.69, 9.17) is 4.74 Å². The van der Waals surface area contributed by atoms with E-state index in [0.717, 1.165) is 24.2 Å². The van der Waals surface area contributed by atoms with Gasteiger partial charge in [0.15, 0.2) is 5.82 Å². The zero-order valence-corrected chi connectivity index (χ0v) is 13.7. The number of benzene rings is 1. The van der Waals surface area contributed by atoms with Crippen LogP contribution in [0.5, 0.6) is 11.6 Å². The summed E-state index contributed by atoms with van der Waals surface area (Å²) in [5.74, 6) is 1.91. The summed E-state index contributed by atoms with van der Waals surface area (Å²) in [6.07, 6.45) is 3.80. The highest BCUT2D eigenvalue weighted by molar-refractivity contribution is 5.94. The molecule has 7 nitrogen and oxygen atoms in total. The quantitative estimate of drug-likeness (QED) is 0.775. The molecule has 1 saturated carbocycles. The molecule has 1 amide bonds. The lowest BCUT2D eigenvalue weighted by Crippen LogP contribution is -2.12. The van der Waals surface area contributed by atoms with Gasteiger partial charge in [-0.3, -0.25) is 4.79 Å². The largest absolute Gasteiger partial charge is 0.438 e. The van der Waals surface area contributed by atoms with E-state index < -0.39 is 0 Å². The van der Waals surface area contributed by atoms with Crippen molar-refractivity contribution in [2.24, 2.45) is 5.92 Å². The van der Waals surface area contributed by atoms with E-state index in [9.17, 15) is 4.79 Å². The molecule has 126 valence electrons. The third-order valence-corrected chi connectivity index (χ3v) is 3.88. The van der Waals surface area contributed by atoms with Crippen LogP contribution in [0.2, 0.25) is 0 Å². The van der Waals surface area contributed by atoms with E-state index in [1.165, 1.54) is 0 Å². The predicted octanol–water partition coefficient (Wildman–Crippen LogP) is 3.11. The summed E-state index contributed by atoms with van der Waals surface area (Å²) in [6.45, 7) is 1.91. The average Bonchev–Trinajstić information content (AvgIpc) is 3.39. The fourth-order valence-electron chi connectivity index (χ4n) is 2.35. The van der Waals surface area contributed by atoms with Crippen molar-refractivity contribution >= 4 is 11.6 Å². The molecule has 0 spiro atoms. The van der Waals surface area contributed by atoms with E-state index in [1.54, 1.807) is 28.9 Å². The van der Waals surface area contributed by atoms with Crippen LogP contribution in [0.15, 0.2) is 48.7 Å². The van der Waals surface area contributed by atoms with E-state index >= 15 is 0 Å². The van der Waals surface area contributed by atoms with Crippen LogP contribution in [0.4, 0.5) is 5.69 Å². The lowest BCUT2D eigenvalue weighted by Gasteiger charge is -2.07. The minimum atomic E-state index is 0.0870. The SMILES string of the molecule is Cc1ccn(-c2ccc(Oc3ccc(NC(=O)C4CC4)cc3)nn2)n1. The first kappa shape index (κ1) is 15.3. The molecule has 2 aromatic heterocycles. The Bertz CT molecular complexity index is 883. The van der Waals surface area contributed by atoms with Gasteiger partial charge in [0.1, 0.15) is 5.75 Å². The van der Waals surface area contributed by atoms with Gasteiger partial charge in [-0.2, -0.15) is 5.10 Å². The first-order valence-electron chi connectivity index (χ1n) is 8.12. The van der Waals surface area contributed by atoms with Crippen molar-refractivity contribution in [3.05, 3.63) is 54.4 Å². The number of nitrogens with one attached hydrogen (secondary N) is 1. The number of amides is 1. The highest BCUT2D eigenvalue weighted by Crippen LogP contribution is 2.30. The average molecular weight is 335 g/mol. The Balaban J connectivity index is 1.40. The van der Waals surface area contributed by atoms with Crippen molar-refractivity contribution in [3.8, 4) is 17.4 Å². The molecule has 2 heterocycles. The molecule has 3 aromatic rings. The van der Waals surface area contributed by atoms with Crippen molar-refractivity contribution < 1.29 is 9.53 Å². The van der Waals surface area contributed by atoms with Gasteiger partial charge in [-0.1, -0.05) is 0 Å². The molecule has 1 aliphatic carbocycles. The number of hydrogen-bond donors (Lipinski definition) is 1. The second-order valence-corrected chi connectivity index (χ2v) is 6.02. The molecule has 1 N–H and O–H groups in total. The maximum atomic E-state index is 11.7. The van der Waals surface area contributed by atoms with Crippen molar-refractivity contribution in [1.82, 2.24) is 20.0 Å². The normalized spacial score (nSPS) is 13.5. The second-order valence-electron chi connectivity index (χ2n) is 6.02. The predicted molar refractivity (Wildman–Crippen MR) is 91.8 cm³/mol. The van der Waals surface area contributed by atoms with Crippen molar-refractivity contribution in [1.29, 1.82) is 0 Å². The molecule has 1 fully saturated rings. The molecule has 0 bridgehead atoms. The topological polar surface area (TPSA) is 81.9 Å². The first-order valence-corrected chi connectivity index (χ1v) is 8.12. The molecule has 0 aliphatic heterocycles. The Morgan fingerprint density at radius 3 is 2.52 bits per heavy atom. The van der Waals surface area contributed by atoms with E-state index in [2.05, 4.69) is 20.6 Å². The highest BCUT2D eigenvalue weighted by Gasteiger charge is 2.29. The maximum absolute atomic E-state index is 11.7. The molecule has 1 aromatic carbocycles. The third kappa shape index (κ3) is 3.65.